The number of carbonyl (C=O) groups is 2. The van der Waals surface area contributed by atoms with Gasteiger partial charge in [-0.2, -0.15) is 0 Å². The molecule has 0 aliphatic carbocycles. The zero-order valence-electron chi connectivity index (χ0n) is 16.3. The van der Waals surface area contributed by atoms with Gasteiger partial charge in [0.05, 0.1) is 5.69 Å². The van der Waals surface area contributed by atoms with Crippen LogP contribution in [0.4, 0.5) is 11.4 Å². The van der Waals surface area contributed by atoms with Crippen molar-refractivity contribution >= 4 is 39.1 Å². The van der Waals surface area contributed by atoms with Gasteiger partial charge in [-0.25, -0.2) is 0 Å². The van der Waals surface area contributed by atoms with E-state index < -0.39 is 6.04 Å². The highest BCUT2D eigenvalue weighted by molar-refractivity contribution is 9.10. The largest absolute Gasteiger partial charge is 0.300 e. The first kappa shape index (κ1) is 19.4. The summed E-state index contributed by atoms with van der Waals surface area (Å²) in [4.78, 5) is 30.3. The molecule has 1 aliphatic rings. The highest BCUT2D eigenvalue weighted by Gasteiger charge is 2.42. The van der Waals surface area contributed by atoms with Gasteiger partial charge in [0.1, 0.15) is 12.6 Å². The van der Waals surface area contributed by atoms with Crippen LogP contribution < -0.4 is 9.80 Å². The van der Waals surface area contributed by atoms with E-state index in [9.17, 15) is 9.59 Å². The van der Waals surface area contributed by atoms with E-state index in [0.717, 1.165) is 26.9 Å². The lowest BCUT2D eigenvalue weighted by Gasteiger charge is -2.41. The third-order valence-electron chi connectivity index (χ3n) is 5.25. The highest BCUT2D eigenvalue weighted by Crippen LogP contribution is 2.36. The smallest absolute Gasteiger partial charge is 0.255 e. The van der Waals surface area contributed by atoms with Crippen LogP contribution in [-0.2, 0) is 9.59 Å². The maximum absolute atomic E-state index is 13.7. The second kappa shape index (κ2) is 7.84. The number of benzene rings is 3. The fraction of sp³-hybridized carbons (Fsp3) is 0.167. The Morgan fingerprint density at radius 1 is 0.828 bits per heavy atom. The van der Waals surface area contributed by atoms with Crippen LogP contribution in [0.25, 0.3) is 0 Å². The Hall–Kier alpha value is -2.92. The minimum atomic E-state index is -0.711. The van der Waals surface area contributed by atoms with Gasteiger partial charge in [0.15, 0.2) is 0 Å². The summed E-state index contributed by atoms with van der Waals surface area (Å²) in [6.07, 6.45) is 0. The quantitative estimate of drug-likeness (QED) is 0.553. The number of amides is 2. The lowest BCUT2D eigenvalue weighted by molar-refractivity contribution is -0.128. The molecule has 3 aromatic rings. The van der Waals surface area contributed by atoms with Crippen LogP contribution in [0.3, 0.4) is 0 Å². The van der Waals surface area contributed by atoms with Gasteiger partial charge in [-0.1, -0.05) is 64.5 Å². The molecule has 4 nitrogen and oxygen atoms in total. The summed E-state index contributed by atoms with van der Waals surface area (Å²) >= 11 is 3.43. The summed E-state index contributed by atoms with van der Waals surface area (Å²) in [5.74, 6) is -0.209. The van der Waals surface area contributed by atoms with Crippen molar-refractivity contribution in [2.45, 2.75) is 19.9 Å². The number of anilines is 2. The average Bonchev–Trinajstić information content (AvgIpc) is 2.71. The van der Waals surface area contributed by atoms with Gasteiger partial charge >= 0.3 is 0 Å². The second-order valence-electron chi connectivity index (χ2n) is 7.22. The van der Waals surface area contributed by atoms with Gasteiger partial charge in [0, 0.05) is 10.2 Å². The molecule has 146 valence electrons. The van der Waals surface area contributed by atoms with Crippen LogP contribution in [0.15, 0.2) is 77.3 Å². The monoisotopic (exact) mass is 448 g/mol. The summed E-state index contributed by atoms with van der Waals surface area (Å²) in [6.45, 7) is 3.96. The first-order valence-electron chi connectivity index (χ1n) is 9.47. The van der Waals surface area contributed by atoms with Crippen molar-refractivity contribution in [1.82, 2.24) is 0 Å². The molecule has 0 aromatic heterocycles. The molecule has 1 aliphatic heterocycles. The molecule has 1 atom stereocenters. The Balaban J connectivity index is 1.84. The number of para-hydroxylation sites is 1. The molecule has 29 heavy (non-hydrogen) atoms. The zero-order chi connectivity index (χ0) is 20.5. The van der Waals surface area contributed by atoms with Gasteiger partial charge in [0.2, 0.25) is 5.91 Å². The SMILES string of the molecule is Cc1cccc(C)c1N1CC(=O)N(c2ccc(Br)cc2)[C@@H](c2ccccc2)C1=O. The molecule has 4 rings (SSSR count). The summed E-state index contributed by atoms with van der Waals surface area (Å²) in [7, 11) is 0. The van der Waals surface area contributed by atoms with Gasteiger partial charge < -0.3 is 4.90 Å². The molecule has 0 N–H and O–H groups in total. The lowest BCUT2D eigenvalue weighted by Crippen LogP contribution is -2.56. The minimum Gasteiger partial charge on any atom is -0.300 e. The maximum atomic E-state index is 13.7. The molecule has 0 spiro atoms. The van der Waals surface area contributed by atoms with Crippen molar-refractivity contribution in [3.8, 4) is 0 Å². The number of hydrogen-bond acceptors (Lipinski definition) is 2. The molecule has 3 aromatic carbocycles. The maximum Gasteiger partial charge on any atom is 0.255 e. The molecule has 5 heteroatoms. The molecular formula is C24H21BrN2O2. The Bertz CT molecular complexity index is 1040. The molecule has 0 radical (unpaired) electrons. The fourth-order valence-corrected chi connectivity index (χ4v) is 4.20. The van der Waals surface area contributed by atoms with E-state index in [0.29, 0.717) is 5.69 Å². The second-order valence-corrected chi connectivity index (χ2v) is 8.13. The van der Waals surface area contributed by atoms with E-state index >= 15 is 0 Å². The predicted octanol–water partition coefficient (Wildman–Crippen LogP) is 5.19. The van der Waals surface area contributed by atoms with E-state index in [-0.39, 0.29) is 18.4 Å². The van der Waals surface area contributed by atoms with Crippen molar-refractivity contribution in [3.63, 3.8) is 0 Å². The summed E-state index contributed by atoms with van der Waals surface area (Å²) in [6, 6.07) is 22.2. The van der Waals surface area contributed by atoms with Crippen molar-refractivity contribution in [2.24, 2.45) is 0 Å². The molecule has 0 saturated carbocycles. The van der Waals surface area contributed by atoms with Gasteiger partial charge in [-0.05, 0) is 54.8 Å². The molecular weight excluding hydrogens is 428 g/mol. The van der Waals surface area contributed by atoms with E-state index in [2.05, 4.69) is 15.9 Å². The number of rotatable bonds is 3. The van der Waals surface area contributed by atoms with Crippen LogP contribution in [-0.4, -0.2) is 18.4 Å². The van der Waals surface area contributed by atoms with Crippen molar-refractivity contribution < 1.29 is 9.59 Å². The molecule has 0 bridgehead atoms. The van der Waals surface area contributed by atoms with E-state index in [1.807, 2.05) is 86.6 Å². The summed E-state index contributed by atoms with van der Waals surface area (Å²) in [5.41, 5.74) is 4.29. The predicted molar refractivity (Wildman–Crippen MR) is 119 cm³/mol. The highest BCUT2D eigenvalue weighted by atomic mass is 79.9. The minimum absolute atomic E-state index is 0.0178. The normalized spacial score (nSPS) is 17.0. The Labute approximate surface area is 178 Å². The van der Waals surface area contributed by atoms with Crippen molar-refractivity contribution in [3.05, 3.63) is 94.0 Å². The lowest BCUT2D eigenvalue weighted by atomic mass is 9.98. The van der Waals surface area contributed by atoms with E-state index in [1.54, 1.807) is 9.80 Å². The Morgan fingerprint density at radius 2 is 1.45 bits per heavy atom. The molecule has 1 saturated heterocycles. The number of piperazine rings is 1. The third-order valence-corrected chi connectivity index (χ3v) is 5.78. The summed E-state index contributed by atoms with van der Waals surface area (Å²) < 4.78 is 0.922. The van der Waals surface area contributed by atoms with Crippen LogP contribution in [0.1, 0.15) is 22.7 Å². The molecule has 1 fully saturated rings. The van der Waals surface area contributed by atoms with Crippen LogP contribution in [0.2, 0.25) is 0 Å². The van der Waals surface area contributed by atoms with Gasteiger partial charge in [0.25, 0.3) is 5.91 Å². The van der Waals surface area contributed by atoms with E-state index in [1.165, 1.54) is 0 Å². The first-order chi connectivity index (χ1) is 14.0. The van der Waals surface area contributed by atoms with Gasteiger partial charge in [-0.15, -0.1) is 0 Å². The van der Waals surface area contributed by atoms with Crippen LogP contribution in [0, 0.1) is 13.8 Å². The zero-order valence-corrected chi connectivity index (χ0v) is 17.9. The van der Waals surface area contributed by atoms with Crippen molar-refractivity contribution in [1.29, 1.82) is 0 Å². The number of nitrogens with zero attached hydrogens (tertiary/aromatic N) is 2. The standard InChI is InChI=1S/C24H21BrN2O2/c1-16-7-6-8-17(2)22(16)26-15-21(28)27(20-13-11-19(25)12-14-20)23(24(26)29)18-9-4-3-5-10-18/h3-14,23H,15H2,1-2H3/t23-/m0/s1. The number of hydrogen-bond donors (Lipinski definition) is 0. The Kier molecular flexibility index (Phi) is 5.24. The first-order valence-corrected chi connectivity index (χ1v) is 10.3. The number of carbonyl (C=O) groups excluding carboxylic acids is 2. The Morgan fingerprint density at radius 3 is 2.07 bits per heavy atom. The molecule has 2 amide bonds. The molecule has 0 unspecified atom stereocenters. The van der Waals surface area contributed by atoms with E-state index in [4.69, 9.17) is 0 Å². The topological polar surface area (TPSA) is 40.6 Å². The van der Waals surface area contributed by atoms with Gasteiger partial charge in [-0.3, -0.25) is 14.5 Å². The number of halogens is 1. The van der Waals surface area contributed by atoms with Crippen LogP contribution >= 0.6 is 15.9 Å². The molecule has 1 heterocycles. The van der Waals surface area contributed by atoms with Crippen LogP contribution in [0.5, 0.6) is 0 Å². The average molecular weight is 449 g/mol. The summed E-state index contributed by atoms with van der Waals surface area (Å²) in [5, 5.41) is 0. The number of aryl methyl sites for hydroxylation is 2. The fourth-order valence-electron chi connectivity index (χ4n) is 3.93. The third kappa shape index (κ3) is 3.58. The van der Waals surface area contributed by atoms with Crippen molar-refractivity contribution in [2.75, 3.05) is 16.3 Å².